The first kappa shape index (κ1) is 32.3. The summed E-state index contributed by atoms with van der Waals surface area (Å²) in [5.74, 6) is -2.28. The molecule has 0 saturated carbocycles. The summed E-state index contributed by atoms with van der Waals surface area (Å²) in [6.07, 6.45) is -4.58. The molecule has 1 aliphatic rings. The number of aryl methyl sites for hydroxylation is 1. The zero-order chi connectivity index (χ0) is 31.9. The molecule has 2 unspecified atom stereocenters. The van der Waals surface area contributed by atoms with E-state index in [0.717, 1.165) is 23.8 Å². The van der Waals surface area contributed by atoms with E-state index in [9.17, 15) is 36.6 Å². The molecule has 1 heterocycles. The molecule has 43 heavy (non-hydrogen) atoms. The van der Waals surface area contributed by atoms with Gasteiger partial charge in [0.05, 0.1) is 13.2 Å². The van der Waals surface area contributed by atoms with Gasteiger partial charge >= 0.3 is 6.18 Å². The van der Waals surface area contributed by atoms with E-state index < -0.39 is 47.0 Å². The fraction of sp³-hybridized carbons (Fsp3) is 0.333. The van der Waals surface area contributed by atoms with Crippen LogP contribution in [0.1, 0.15) is 48.8 Å². The van der Waals surface area contributed by atoms with Crippen molar-refractivity contribution in [2.24, 2.45) is 0 Å². The van der Waals surface area contributed by atoms with Crippen molar-refractivity contribution in [3.63, 3.8) is 0 Å². The van der Waals surface area contributed by atoms with Gasteiger partial charge in [0, 0.05) is 22.6 Å². The fourth-order valence-electron chi connectivity index (χ4n) is 5.23. The quantitative estimate of drug-likeness (QED) is 0.152. The highest BCUT2D eigenvalue weighted by atomic mass is 79.9. The van der Waals surface area contributed by atoms with E-state index in [1.807, 2.05) is 0 Å². The molecule has 13 heteroatoms. The van der Waals surface area contributed by atoms with Crippen LogP contribution in [0.4, 0.5) is 32.0 Å². The highest BCUT2D eigenvalue weighted by molar-refractivity contribution is 9.08. The standard InChI is InChI=1S/C22H20F5N3O2.C8H8BrFO/c1-10-28-8-12-16(5-4-14(23)18(12)29-10)30-19-11-6-15(24)17(31)7-13(11)20(2,3)9-21(19,32)22(25,26)27;1-11-8-4-6(5-9)2-3-7(8)10/h4-8,19,30-32H,9H2,1-3H3;2-4H,5H2,1H3. The van der Waals surface area contributed by atoms with Gasteiger partial charge in [-0.25, -0.2) is 23.1 Å². The molecule has 5 rings (SSSR count). The number of rotatable bonds is 4. The van der Waals surface area contributed by atoms with Crippen molar-refractivity contribution in [3.8, 4) is 11.5 Å². The second-order valence-corrected chi connectivity index (χ2v) is 11.4. The van der Waals surface area contributed by atoms with E-state index in [-0.39, 0.29) is 39.4 Å². The predicted molar refractivity (Wildman–Crippen MR) is 153 cm³/mol. The monoisotopic (exact) mass is 671 g/mol. The summed E-state index contributed by atoms with van der Waals surface area (Å²) in [5.41, 5.74) is -3.52. The number of halogens is 7. The van der Waals surface area contributed by atoms with Crippen molar-refractivity contribution in [1.29, 1.82) is 0 Å². The topological polar surface area (TPSA) is 87.5 Å². The molecule has 4 aromatic rings. The number of hydrogen-bond donors (Lipinski definition) is 3. The van der Waals surface area contributed by atoms with Gasteiger partial charge in [-0.1, -0.05) is 35.8 Å². The lowest BCUT2D eigenvalue weighted by Gasteiger charge is -2.49. The molecular weight excluding hydrogens is 644 g/mol. The Bertz CT molecular complexity index is 1670. The van der Waals surface area contributed by atoms with Gasteiger partial charge in [0.15, 0.2) is 28.7 Å². The van der Waals surface area contributed by atoms with Gasteiger partial charge in [-0.2, -0.15) is 13.2 Å². The largest absolute Gasteiger partial charge is 0.505 e. The number of aromatic hydroxyl groups is 1. The number of nitrogens with zero attached hydrogens (tertiary/aromatic N) is 2. The van der Waals surface area contributed by atoms with Crippen LogP contribution in [0.25, 0.3) is 10.9 Å². The first-order chi connectivity index (χ1) is 20.0. The molecule has 0 saturated heterocycles. The third-order valence-corrected chi connectivity index (χ3v) is 7.98. The molecule has 6 nitrogen and oxygen atoms in total. The summed E-state index contributed by atoms with van der Waals surface area (Å²) < 4.78 is 88.7. The molecule has 1 aliphatic carbocycles. The van der Waals surface area contributed by atoms with Crippen LogP contribution in [0.15, 0.2) is 48.7 Å². The number of anilines is 1. The molecule has 1 aromatic heterocycles. The summed E-state index contributed by atoms with van der Waals surface area (Å²) in [4.78, 5) is 7.99. The summed E-state index contributed by atoms with van der Waals surface area (Å²) >= 11 is 3.27. The summed E-state index contributed by atoms with van der Waals surface area (Å²) in [5, 5.41) is 24.3. The number of hydrogen-bond acceptors (Lipinski definition) is 6. The second kappa shape index (κ2) is 11.8. The number of benzene rings is 3. The molecule has 0 amide bonds. The van der Waals surface area contributed by atoms with Gasteiger partial charge in [-0.05, 0) is 71.8 Å². The van der Waals surface area contributed by atoms with Crippen molar-refractivity contribution in [3.05, 3.63) is 88.6 Å². The Labute approximate surface area is 251 Å². The molecule has 0 spiro atoms. The highest BCUT2D eigenvalue weighted by Gasteiger charge is 2.64. The minimum atomic E-state index is -5.09. The normalized spacial score (nSPS) is 19.3. The third kappa shape index (κ3) is 6.23. The van der Waals surface area contributed by atoms with Crippen LogP contribution in [0, 0.1) is 24.4 Å². The smallest absolute Gasteiger partial charge is 0.419 e. The number of phenols is 1. The van der Waals surface area contributed by atoms with Crippen molar-refractivity contribution in [2.45, 2.75) is 55.8 Å². The SMILES string of the molecule is COc1cc(CBr)ccc1F.Cc1ncc2c(NC3c4cc(F)c(O)cc4C(C)(C)CC3(O)C(F)(F)F)ccc(F)c2n1. The zero-order valence-corrected chi connectivity index (χ0v) is 25.0. The van der Waals surface area contributed by atoms with Crippen molar-refractivity contribution in [1.82, 2.24) is 9.97 Å². The van der Waals surface area contributed by atoms with Gasteiger partial charge in [0.25, 0.3) is 0 Å². The number of ether oxygens (including phenoxy) is 1. The van der Waals surface area contributed by atoms with Gasteiger partial charge in [-0.15, -0.1) is 0 Å². The molecule has 3 aromatic carbocycles. The molecule has 3 N–H and O–H groups in total. The van der Waals surface area contributed by atoms with Crippen LogP contribution in [0.3, 0.4) is 0 Å². The van der Waals surface area contributed by atoms with Crippen molar-refractivity contribution < 1.29 is 41.3 Å². The lowest BCUT2D eigenvalue weighted by Crippen LogP contribution is -2.58. The number of phenolic OH excluding ortho intramolecular Hbond substituents is 1. The van der Waals surface area contributed by atoms with E-state index in [0.29, 0.717) is 11.1 Å². The highest BCUT2D eigenvalue weighted by Crippen LogP contribution is 2.55. The second-order valence-electron chi connectivity index (χ2n) is 10.8. The Kier molecular flexibility index (Phi) is 8.90. The summed E-state index contributed by atoms with van der Waals surface area (Å²) in [6, 6.07) is 7.04. The molecular formula is C30H28BrF6N3O3. The van der Waals surface area contributed by atoms with Crippen molar-refractivity contribution >= 4 is 32.5 Å². The van der Waals surface area contributed by atoms with Crippen LogP contribution < -0.4 is 10.1 Å². The van der Waals surface area contributed by atoms with Gasteiger partial charge in [0.1, 0.15) is 17.2 Å². The van der Waals surface area contributed by atoms with Gasteiger partial charge in [-0.3, -0.25) is 0 Å². The number of aromatic nitrogens is 2. The molecule has 0 aliphatic heterocycles. The number of methoxy groups -OCH3 is 1. The first-order valence-corrected chi connectivity index (χ1v) is 14.0. The Morgan fingerprint density at radius 3 is 2.35 bits per heavy atom. The Hall–Kier alpha value is -3.58. The summed E-state index contributed by atoms with van der Waals surface area (Å²) in [7, 11) is 1.45. The Morgan fingerprint density at radius 1 is 1.05 bits per heavy atom. The average molecular weight is 672 g/mol. The number of fused-ring (bicyclic) bond motifs is 2. The Morgan fingerprint density at radius 2 is 1.72 bits per heavy atom. The number of aliphatic hydroxyl groups is 1. The maximum absolute atomic E-state index is 14.3. The molecule has 0 fully saturated rings. The van der Waals surface area contributed by atoms with Crippen LogP contribution in [0.2, 0.25) is 0 Å². The van der Waals surface area contributed by atoms with Crippen LogP contribution >= 0.6 is 15.9 Å². The molecule has 230 valence electrons. The predicted octanol–water partition coefficient (Wildman–Crippen LogP) is 7.78. The number of alkyl halides is 4. The van der Waals surface area contributed by atoms with E-state index in [2.05, 4.69) is 31.2 Å². The summed E-state index contributed by atoms with van der Waals surface area (Å²) in [6.45, 7) is 4.48. The lowest BCUT2D eigenvalue weighted by molar-refractivity contribution is -0.275. The van der Waals surface area contributed by atoms with E-state index in [1.165, 1.54) is 46.2 Å². The fourth-order valence-corrected chi connectivity index (χ4v) is 5.58. The van der Waals surface area contributed by atoms with Crippen LogP contribution in [-0.2, 0) is 10.7 Å². The molecule has 0 bridgehead atoms. The maximum Gasteiger partial charge on any atom is 0.419 e. The lowest BCUT2D eigenvalue weighted by atomic mass is 9.63. The van der Waals surface area contributed by atoms with E-state index >= 15 is 0 Å². The third-order valence-electron chi connectivity index (χ3n) is 7.33. The molecule has 2 atom stereocenters. The minimum Gasteiger partial charge on any atom is -0.505 e. The first-order valence-electron chi connectivity index (χ1n) is 12.9. The van der Waals surface area contributed by atoms with Crippen LogP contribution in [-0.4, -0.2) is 39.1 Å². The van der Waals surface area contributed by atoms with Gasteiger partial charge < -0.3 is 20.3 Å². The van der Waals surface area contributed by atoms with E-state index in [4.69, 9.17) is 4.74 Å². The Balaban J connectivity index is 0.000000324. The van der Waals surface area contributed by atoms with E-state index in [1.54, 1.807) is 12.1 Å². The van der Waals surface area contributed by atoms with Crippen molar-refractivity contribution in [2.75, 3.05) is 12.4 Å². The maximum atomic E-state index is 14.3. The average Bonchev–Trinajstić information content (AvgIpc) is 2.93. The molecule has 0 radical (unpaired) electrons. The zero-order valence-electron chi connectivity index (χ0n) is 23.5. The minimum absolute atomic E-state index is 0.0354. The number of nitrogens with one attached hydrogen (secondary N) is 1. The van der Waals surface area contributed by atoms with Crippen LogP contribution in [0.5, 0.6) is 11.5 Å². The van der Waals surface area contributed by atoms with Gasteiger partial charge in [0.2, 0.25) is 0 Å².